The molecule has 0 radical (unpaired) electrons. The summed E-state index contributed by atoms with van der Waals surface area (Å²) in [5, 5.41) is 0. The Bertz CT molecular complexity index is 464. The van der Waals surface area contributed by atoms with Gasteiger partial charge in [-0.3, -0.25) is 4.79 Å². The molecule has 4 aliphatic carbocycles. The smallest absolute Gasteiger partial charge is 0.136 e. The van der Waals surface area contributed by atoms with E-state index in [0.29, 0.717) is 17.6 Å². The van der Waals surface area contributed by atoms with Gasteiger partial charge in [0, 0.05) is 5.41 Å². The molecule has 4 aliphatic rings. The predicted octanol–water partition coefficient (Wildman–Crippen LogP) is 3.02. The lowest BCUT2D eigenvalue weighted by atomic mass is 9.90. The van der Waals surface area contributed by atoms with Gasteiger partial charge in [-0.1, -0.05) is 30.3 Å². The molecule has 0 saturated heterocycles. The monoisotopic (exact) mass is 212 g/mol. The maximum Gasteiger partial charge on any atom is 0.136 e. The van der Waals surface area contributed by atoms with Gasteiger partial charge in [0.25, 0.3) is 0 Å². The van der Waals surface area contributed by atoms with Gasteiger partial charge in [-0.25, -0.2) is 0 Å². The first-order chi connectivity index (χ1) is 7.75. The van der Waals surface area contributed by atoms with Gasteiger partial charge in [-0.15, -0.1) is 0 Å². The zero-order valence-electron chi connectivity index (χ0n) is 9.52. The normalized spacial score (nSPS) is 47.1. The molecule has 82 valence electrons. The van der Waals surface area contributed by atoms with E-state index in [1.54, 1.807) is 0 Å². The summed E-state index contributed by atoms with van der Waals surface area (Å²) in [6.07, 6.45) is 2.49. The van der Waals surface area contributed by atoms with Gasteiger partial charge in [-0.05, 0) is 49.0 Å². The van der Waals surface area contributed by atoms with Crippen LogP contribution in [0.2, 0.25) is 0 Å². The van der Waals surface area contributed by atoms with Gasteiger partial charge >= 0.3 is 0 Å². The molecule has 0 aliphatic heterocycles. The van der Waals surface area contributed by atoms with Crippen molar-refractivity contribution in [3.05, 3.63) is 35.9 Å². The van der Waals surface area contributed by atoms with Crippen LogP contribution in [-0.2, 0) is 4.79 Å². The summed E-state index contributed by atoms with van der Waals surface area (Å²) >= 11 is 0. The first-order valence-corrected chi connectivity index (χ1v) is 6.31. The quantitative estimate of drug-likeness (QED) is 0.736. The maximum atomic E-state index is 11.8. The summed E-state index contributed by atoms with van der Waals surface area (Å²) in [6, 6.07) is 10.8. The average molecular weight is 212 g/mol. The molecule has 5 unspecified atom stereocenters. The third-order valence-electron chi connectivity index (χ3n) is 5.47. The molecule has 0 N–H and O–H groups in total. The van der Waals surface area contributed by atoms with Crippen LogP contribution in [0.1, 0.15) is 31.2 Å². The maximum absolute atomic E-state index is 11.8. The standard InChI is InChI=1S/C15H16O/c1-9(16)15-8-11-7-12(15)14(15)13(11)10-5-3-2-4-6-10/h2-6,11-14H,7-8H2,1H3. The number of carbonyl (C=O) groups is 1. The van der Waals surface area contributed by atoms with E-state index in [9.17, 15) is 4.79 Å². The van der Waals surface area contributed by atoms with Crippen LogP contribution in [0, 0.1) is 23.2 Å². The number of ketones is 1. The second-order valence-corrected chi connectivity index (χ2v) is 5.87. The highest BCUT2D eigenvalue weighted by molar-refractivity contribution is 5.88. The molecule has 0 heterocycles. The summed E-state index contributed by atoms with van der Waals surface area (Å²) < 4.78 is 0. The Hall–Kier alpha value is -1.11. The van der Waals surface area contributed by atoms with Gasteiger partial charge in [0.15, 0.2) is 0 Å². The minimum atomic E-state index is 0.130. The van der Waals surface area contributed by atoms with E-state index in [0.717, 1.165) is 11.8 Å². The van der Waals surface area contributed by atoms with Crippen molar-refractivity contribution in [2.24, 2.45) is 23.2 Å². The number of hydrogen-bond acceptors (Lipinski definition) is 1. The third-order valence-corrected chi connectivity index (χ3v) is 5.47. The fourth-order valence-corrected chi connectivity index (χ4v) is 4.97. The molecule has 4 fully saturated rings. The van der Waals surface area contributed by atoms with Crippen molar-refractivity contribution in [1.82, 2.24) is 0 Å². The summed E-state index contributed by atoms with van der Waals surface area (Å²) in [5.74, 6) is 3.37. The summed E-state index contributed by atoms with van der Waals surface area (Å²) in [7, 11) is 0. The highest BCUT2D eigenvalue weighted by Crippen LogP contribution is 2.83. The Labute approximate surface area is 95.9 Å². The van der Waals surface area contributed by atoms with Crippen LogP contribution in [0.25, 0.3) is 0 Å². The molecule has 1 aromatic rings. The van der Waals surface area contributed by atoms with Crippen LogP contribution >= 0.6 is 0 Å². The first kappa shape index (κ1) is 8.98. The van der Waals surface area contributed by atoms with Crippen LogP contribution in [0.15, 0.2) is 30.3 Å². The van der Waals surface area contributed by atoms with E-state index in [-0.39, 0.29) is 5.41 Å². The van der Waals surface area contributed by atoms with E-state index in [4.69, 9.17) is 0 Å². The second kappa shape index (κ2) is 2.58. The lowest BCUT2D eigenvalue weighted by Gasteiger charge is -2.14. The molecule has 1 aromatic carbocycles. The molecular weight excluding hydrogens is 196 g/mol. The van der Waals surface area contributed by atoms with E-state index in [1.807, 2.05) is 6.92 Å². The van der Waals surface area contributed by atoms with E-state index in [2.05, 4.69) is 30.3 Å². The van der Waals surface area contributed by atoms with E-state index >= 15 is 0 Å². The lowest BCUT2D eigenvalue weighted by Crippen LogP contribution is -2.11. The topological polar surface area (TPSA) is 17.1 Å². The van der Waals surface area contributed by atoms with E-state index in [1.165, 1.54) is 18.4 Å². The van der Waals surface area contributed by atoms with Gasteiger partial charge in [0.2, 0.25) is 0 Å². The second-order valence-electron chi connectivity index (χ2n) is 5.87. The van der Waals surface area contributed by atoms with Gasteiger partial charge < -0.3 is 0 Å². The Morgan fingerprint density at radius 1 is 1.31 bits per heavy atom. The Morgan fingerprint density at radius 2 is 2.06 bits per heavy atom. The van der Waals surface area contributed by atoms with Crippen molar-refractivity contribution in [1.29, 1.82) is 0 Å². The first-order valence-electron chi connectivity index (χ1n) is 6.31. The van der Waals surface area contributed by atoms with Crippen LogP contribution in [0.4, 0.5) is 0 Å². The van der Waals surface area contributed by atoms with E-state index < -0.39 is 0 Å². The van der Waals surface area contributed by atoms with Crippen molar-refractivity contribution in [2.75, 3.05) is 0 Å². The number of carbonyl (C=O) groups excluding carboxylic acids is 1. The molecule has 0 spiro atoms. The van der Waals surface area contributed by atoms with Gasteiger partial charge in [0.1, 0.15) is 5.78 Å². The zero-order chi connectivity index (χ0) is 10.9. The third kappa shape index (κ3) is 0.795. The molecule has 5 rings (SSSR count). The SMILES string of the molecule is CC(=O)C12CC3CC1C2C3c1ccccc1. The Morgan fingerprint density at radius 3 is 2.62 bits per heavy atom. The van der Waals surface area contributed by atoms with Gasteiger partial charge in [-0.2, -0.15) is 0 Å². The number of rotatable bonds is 2. The fraction of sp³-hybridized carbons (Fsp3) is 0.533. The fourth-order valence-electron chi connectivity index (χ4n) is 4.97. The van der Waals surface area contributed by atoms with Crippen molar-refractivity contribution in [2.45, 2.75) is 25.7 Å². The van der Waals surface area contributed by atoms with Gasteiger partial charge in [0.05, 0.1) is 0 Å². The minimum Gasteiger partial charge on any atom is -0.299 e. The van der Waals surface area contributed by atoms with Crippen molar-refractivity contribution in [3.63, 3.8) is 0 Å². The summed E-state index contributed by atoms with van der Waals surface area (Å²) in [5.41, 5.74) is 1.60. The Kier molecular flexibility index (Phi) is 1.45. The molecule has 5 atom stereocenters. The van der Waals surface area contributed by atoms with Crippen molar-refractivity contribution in [3.8, 4) is 0 Å². The molecule has 4 bridgehead atoms. The number of Topliss-reactive ketones (excluding diaryl/α,β-unsaturated/α-hetero) is 1. The largest absolute Gasteiger partial charge is 0.299 e. The summed E-state index contributed by atoms with van der Waals surface area (Å²) in [4.78, 5) is 11.8. The number of benzene rings is 1. The predicted molar refractivity (Wildman–Crippen MR) is 62.0 cm³/mol. The zero-order valence-corrected chi connectivity index (χ0v) is 9.52. The summed E-state index contributed by atoms with van der Waals surface area (Å²) in [6.45, 7) is 1.81. The molecule has 16 heavy (non-hydrogen) atoms. The molecule has 4 saturated carbocycles. The molecule has 1 heteroatoms. The molecule has 1 nitrogen and oxygen atoms in total. The van der Waals surface area contributed by atoms with Crippen LogP contribution in [0.5, 0.6) is 0 Å². The number of hydrogen-bond donors (Lipinski definition) is 0. The Balaban J connectivity index is 1.75. The lowest BCUT2D eigenvalue weighted by molar-refractivity contribution is -0.122. The highest BCUT2D eigenvalue weighted by atomic mass is 16.1. The van der Waals surface area contributed by atoms with Crippen LogP contribution in [-0.4, -0.2) is 5.78 Å². The molecule has 0 aromatic heterocycles. The molecule has 0 amide bonds. The highest BCUT2D eigenvalue weighted by Gasteiger charge is 2.80. The molecular formula is C15H16O. The van der Waals surface area contributed by atoms with Crippen LogP contribution in [0.3, 0.4) is 0 Å². The minimum absolute atomic E-state index is 0.130. The van der Waals surface area contributed by atoms with Crippen LogP contribution < -0.4 is 0 Å². The average Bonchev–Trinajstić information content (AvgIpc) is 2.72. The van der Waals surface area contributed by atoms with Crippen molar-refractivity contribution >= 4 is 5.78 Å². The van der Waals surface area contributed by atoms with Crippen molar-refractivity contribution < 1.29 is 4.79 Å².